The van der Waals surface area contributed by atoms with Crippen LogP contribution in [0.25, 0.3) is 0 Å². The van der Waals surface area contributed by atoms with Gasteiger partial charge in [-0.1, -0.05) is 115 Å². The molecule has 0 fully saturated rings. The molecule has 0 aliphatic carbocycles. The molecule has 0 amide bonds. The van der Waals surface area contributed by atoms with E-state index in [1.807, 2.05) is 24.3 Å². The third-order valence-electron chi connectivity index (χ3n) is 6.46. The fourth-order valence-electron chi connectivity index (χ4n) is 4.27. The highest BCUT2D eigenvalue weighted by atomic mass is 31.1. The lowest BCUT2D eigenvalue weighted by Crippen LogP contribution is -2.00. The van der Waals surface area contributed by atoms with Crippen molar-refractivity contribution in [2.75, 3.05) is 0 Å². The van der Waals surface area contributed by atoms with Gasteiger partial charge in [-0.15, -0.1) is 0 Å². The molecule has 2 nitrogen and oxygen atoms in total. The van der Waals surface area contributed by atoms with E-state index in [1.54, 1.807) is 0 Å². The number of hydrogen-bond acceptors (Lipinski definition) is 2. The molecule has 0 N–H and O–H groups in total. The molecule has 2 aromatic carbocycles. The zero-order valence-corrected chi connectivity index (χ0v) is 22.2. The molecule has 2 rings (SSSR count). The third-order valence-corrected chi connectivity index (χ3v) is 7.69. The summed E-state index contributed by atoms with van der Waals surface area (Å²) in [6.07, 6.45) is 20.9. The van der Waals surface area contributed by atoms with Gasteiger partial charge < -0.3 is 4.52 Å². The molecule has 0 saturated heterocycles. The standard InChI is InChI=1S/C30H47O2P/c1-3-5-7-9-11-13-15-17-27-19-23-29(24-20-27)32-33(31)30-25-21-28(22-26-30)18-16-14-12-10-8-6-4-2/h19-26,33H,3-18H2,1-2H3. The molecule has 1 atom stereocenters. The van der Waals surface area contributed by atoms with Crippen molar-refractivity contribution >= 4 is 13.3 Å². The maximum atomic E-state index is 12.7. The van der Waals surface area contributed by atoms with Crippen molar-refractivity contribution in [3.8, 4) is 5.75 Å². The van der Waals surface area contributed by atoms with E-state index < -0.39 is 8.03 Å². The summed E-state index contributed by atoms with van der Waals surface area (Å²) in [6, 6.07) is 16.4. The van der Waals surface area contributed by atoms with Gasteiger partial charge in [-0.05, 0) is 61.1 Å². The molecule has 0 heterocycles. The first kappa shape index (κ1) is 27.7. The number of unbranched alkanes of at least 4 members (excludes halogenated alkanes) is 12. The normalized spacial score (nSPS) is 12.1. The van der Waals surface area contributed by atoms with Crippen LogP contribution in [0, 0.1) is 0 Å². The Bertz CT molecular complexity index is 752. The van der Waals surface area contributed by atoms with Crippen molar-refractivity contribution in [2.45, 2.75) is 117 Å². The summed E-state index contributed by atoms with van der Waals surface area (Å²) in [6.45, 7) is 4.52. The van der Waals surface area contributed by atoms with Crippen LogP contribution in [0.5, 0.6) is 5.75 Å². The Hall–Kier alpha value is -1.53. The Balaban J connectivity index is 1.65. The number of aryl methyl sites for hydroxylation is 2. The van der Waals surface area contributed by atoms with E-state index in [9.17, 15) is 4.57 Å². The Labute approximate surface area is 204 Å². The van der Waals surface area contributed by atoms with Crippen LogP contribution in [0.4, 0.5) is 0 Å². The molecular formula is C30H47O2P. The number of rotatable bonds is 19. The van der Waals surface area contributed by atoms with Gasteiger partial charge in [0, 0.05) is 5.30 Å². The molecule has 3 heteroatoms. The highest BCUT2D eigenvalue weighted by molar-refractivity contribution is 7.48. The topological polar surface area (TPSA) is 26.3 Å². The van der Waals surface area contributed by atoms with Crippen molar-refractivity contribution < 1.29 is 9.09 Å². The summed E-state index contributed by atoms with van der Waals surface area (Å²) < 4.78 is 18.4. The Morgan fingerprint density at radius 3 is 1.39 bits per heavy atom. The van der Waals surface area contributed by atoms with Crippen LogP contribution in [-0.4, -0.2) is 0 Å². The summed E-state index contributed by atoms with van der Waals surface area (Å²) in [5.74, 6) is 0.703. The van der Waals surface area contributed by atoms with Crippen molar-refractivity contribution in [3.05, 3.63) is 59.7 Å². The van der Waals surface area contributed by atoms with E-state index >= 15 is 0 Å². The molecule has 0 radical (unpaired) electrons. The van der Waals surface area contributed by atoms with Gasteiger partial charge in [-0.25, -0.2) is 0 Å². The zero-order chi connectivity index (χ0) is 23.6. The smallest absolute Gasteiger partial charge is 0.265 e. The minimum Gasteiger partial charge on any atom is -0.442 e. The van der Waals surface area contributed by atoms with Gasteiger partial charge in [0.05, 0.1) is 0 Å². The van der Waals surface area contributed by atoms with E-state index in [2.05, 4.69) is 38.1 Å². The fourth-order valence-corrected chi connectivity index (χ4v) is 5.18. The third kappa shape index (κ3) is 12.5. The Morgan fingerprint density at radius 1 is 0.545 bits per heavy atom. The minimum atomic E-state index is -2.27. The lowest BCUT2D eigenvalue weighted by Gasteiger charge is -2.09. The van der Waals surface area contributed by atoms with Crippen molar-refractivity contribution in [2.24, 2.45) is 0 Å². The molecule has 33 heavy (non-hydrogen) atoms. The monoisotopic (exact) mass is 470 g/mol. The van der Waals surface area contributed by atoms with Crippen LogP contribution in [0.1, 0.15) is 115 Å². The summed E-state index contributed by atoms with van der Waals surface area (Å²) in [4.78, 5) is 0. The van der Waals surface area contributed by atoms with Crippen LogP contribution in [0.15, 0.2) is 48.5 Å². The highest BCUT2D eigenvalue weighted by Gasteiger charge is 2.06. The van der Waals surface area contributed by atoms with Crippen LogP contribution in [0.2, 0.25) is 0 Å². The number of benzene rings is 2. The van der Waals surface area contributed by atoms with Crippen LogP contribution in [-0.2, 0) is 17.4 Å². The van der Waals surface area contributed by atoms with Crippen molar-refractivity contribution in [1.82, 2.24) is 0 Å². The molecular weight excluding hydrogens is 423 g/mol. The molecule has 0 aromatic heterocycles. The van der Waals surface area contributed by atoms with Gasteiger partial charge in [-0.2, -0.15) is 0 Å². The Morgan fingerprint density at radius 2 is 0.939 bits per heavy atom. The average Bonchev–Trinajstić information content (AvgIpc) is 2.84. The molecule has 2 aromatic rings. The van der Waals surface area contributed by atoms with Gasteiger partial charge >= 0.3 is 0 Å². The molecule has 0 spiro atoms. The van der Waals surface area contributed by atoms with Crippen LogP contribution in [0.3, 0.4) is 0 Å². The van der Waals surface area contributed by atoms with Crippen molar-refractivity contribution in [3.63, 3.8) is 0 Å². The largest absolute Gasteiger partial charge is 0.442 e. The maximum Gasteiger partial charge on any atom is 0.265 e. The summed E-state index contributed by atoms with van der Waals surface area (Å²) in [7, 11) is -2.27. The predicted octanol–water partition coefficient (Wildman–Crippen LogP) is 9.45. The second kappa shape index (κ2) is 17.9. The fraction of sp³-hybridized carbons (Fsp3) is 0.600. The number of hydrogen-bond donors (Lipinski definition) is 0. The lowest BCUT2D eigenvalue weighted by molar-refractivity contribution is 0.514. The summed E-state index contributed by atoms with van der Waals surface area (Å²) >= 11 is 0. The molecule has 0 saturated carbocycles. The second-order valence-electron chi connectivity index (χ2n) is 9.47. The predicted molar refractivity (Wildman–Crippen MR) is 146 cm³/mol. The van der Waals surface area contributed by atoms with Gasteiger partial charge in [0.1, 0.15) is 5.75 Å². The van der Waals surface area contributed by atoms with E-state index in [4.69, 9.17) is 4.52 Å². The minimum absolute atomic E-state index is 0.703. The molecule has 0 aliphatic rings. The zero-order valence-electron chi connectivity index (χ0n) is 21.2. The van der Waals surface area contributed by atoms with Crippen LogP contribution >= 0.6 is 8.03 Å². The van der Waals surface area contributed by atoms with Crippen LogP contribution < -0.4 is 9.83 Å². The van der Waals surface area contributed by atoms with Gasteiger partial charge in [0.2, 0.25) is 0 Å². The van der Waals surface area contributed by atoms with Gasteiger partial charge in [-0.3, -0.25) is 4.57 Å². The quantitative estimate of drug-likeness (QED) is 0.151. The first-order chi connectivity index (χ1) is 16.2. The van der Waals surface area contributed by atoms with Crippen molar-refractivity contribution in [1.29, 1.82) is 0 Å². The summed E-state index contributed by atoms with van der Waals surface area (Å²) in [5, 5.41) is 0.801. The SMILES string of the molecule is CCCCCCCCCc1ccc(O[PH](=O)c2ccc(CCCCCCCCC)cc2)cc1. The average molecular weight is 471 g/mol. The molecule has 0 aliphatic heterocycles. The molecule has 184 valence electrons. The maximum absolute atomic E-state index is 12.7. The molecule has 0 bridgehead atoms. The van der Waals surface area contributed by atoms with E-state index in [0.717, 1.165) is 18.1 Å². The summed E-state index contributed by atoms with van der Waals surface area (Å²) in [5.41, 5.74) is 2.67. The highest BCUT2D eigenvalue weighted by Crippen LogP contribution is 2.27. The van der Waals surface area contributed by atoms with Gasteiger partial charge in [0.25, 0.3) is 8.03 Å². The van der Waals surface area contributed by atoms with E-state index in [0.29, 0.717) is 5.75 Å². The first-order valence-electron chi connectivity index (χ1n) is 13.6. The van der Waals surface area contributed by atoms with Gasteiger partial charge in [0.15, 0.2) is 0 Å². The van der Waals surface area contributed by atoms with E-state index in [-0.39, 0.29) is 0 Å². The lowest BCUT2D eigenvalue weighted by atomic mass is 10.0. The Kier molecular flexibility index (Phi) is 15.0. The second-order valence-corrected chi connectivity index (χ2v) is 10.8. The molecule has 1 unspecified atom stereocenters. The van der Waals surface area contributed by atoms with E-state index in [1.165, 1.54) is 101 Å². The first-order valence-corrected chi connectivity index (χ1v) is 14.9.